The Morgan fingerprint density at radius 1 is 0.312 bits per heavy atom. The fraction of sp³-hybridized carbons (Fsp3) is 0.786. The molecule has 276 valence electrons. The fourth-order valence-electron chi connectivity index (χ4n) is 7.29. The number of aromatic carboxylic acids is 3. The molecule has 0 bridgehead atoms. The van der Waals surface area contributed by atoms with E-state index in [1.165, 1.54) is 103 Å². The number of hydrogen-bond acceptors (Lipinski definition) is 3. The number of carbonyl (C=O) groups is 3. The first-order valence-electron chi connectivity index (χ1n) is 20.2. The van der Waals surface area contributed by atoms with Crippen molar-refractivity contribution in [2.45, 2.75) is 213 Å². The van der Waals surface area contributed by atoms with Gasteiger partial charge in [0.05, 0.1) is 16.7 Å². The molecule has 0 aliphatic carbocycles. The summed E-state index contributed by atoms with van der Waals surface area (Å²) in [5, 5.41) is 31.0. The van der Waals surface area contributed by atoms with Gasteiger partial charge in [0.2, 0.25) is 0 Å². The highest BCUT2D eigenvalue weighted by molar-refractivity contribution is 6.11. The molecule has 48 heavy (non-hydrogen) atoms. The van der Waals surface area contributed by atoms with Crippen LogP contribution >= 0.6 is 0 Å². The van der Waals surface area contributed by atoms with Gasteiger partial charge in [0.1, 0.15) is 0 Å². The lowest BCUT2D eigenvalue weighted by atomic mass is 9.80. The molecule has 0 radical (unpaired) electrons. The first-order chi connectivity index (χ1) is 23.3. The fourth-order valence-corrected chi connectivity index (χ4v) is 7.29. The molecule has 0 aliphatic heterocycles. The summed E-state index contributed by atoms with van der Waals surface area (Å²) in [4.78, 5) is 38.1. The molecule has 0 atom stereocenters. The van der Waals surface area contributed by atoms with Crippen LogP contribution in [0.25, 0.3) is 0 Å². The van der Waals surface area contributed by atoms with Crippen molar-refractivity contribution in [1.29, 1.82) is 0 Å². The van der Waals surface area contributed by atoms with Gasteiger partial charge in [-0.25, -0.2) is 14.4 Å². The summed E-state index contributed by atoms with van der Waals surface area (Å²) in [6.07, 6.45) is 32.5. The Bertz CT molecular complexity index is 968. The Hall–Kier alpha value is -2.37. The van der Waals surface area contributed by atoms with Gasteiger partial charge in [-0.1, -0.05) is 175 Å². The summed E-state index contributed by atoms with van der Waals surface area (Å²) in [5.74, 6) is -4.12. The van der Waals surface area contributed by atoms with Crippen LogP contribution in [0.1, 0.15) is 242 Å². The maximum Gasteiger partial charge on any atom is 0.337 e. The third-order valence-electron chi connectivity index (χ3n) is 10.1. The topological polar surface area (TPSA) is 112 Å². The van der Waals surface area contributed by atoms with Crippen LogP contribution < -0.4 is 0 Å². The van der Waals surface area contributed by atoms with Crippen molar-refractivity contribution in [3.8, 4) is 0 Å². The molecular formula is C42H72O6. The molecule has 6 nitrogen and oxygen atoms in total. The molecule has 0 unspecified atom stereocenters. The average molecular weight is 673 g/mol. The maximum atomic E-state index is 12.7. The normalized spacial score (nSPS) is 11.3. The van der Waals surface area contributed by atoms with Gasteiger partial charge in [0, 0.05) is 0 Å². The molecule has 0 saturated carbocycles. The van der Waals surface area contributed by atoms with Crippen molar-refractivity contribution < 1.29 is 29.7 Å². The lowest BCUT2D eigenvalue weighted by molar-refractivity contribution is 0.0631. The molecule has 0 heterocycles. The van der Waals surface area contributed by atoms with Gasteiger partial charge in [-0.3, -0.25) is 0 Å². The number of benzene rings is 1. The van der Waals surface area contributed by atoms with Crippen molar-refractivity contribution in [2.75, 3.05) is 0 Å². The zero-order valence-corrected chi connectivity index (χ0v) is 31.3. The van der Waals surface area contributed by atoms with E-state index in [0.29, 0.717) is 30.4 Å². The zero-order valence-electron chi connectivity index (χ0n) is 31.3. The van der Waals surface area contributed by atoms with Crippen LogP contribution in [0.4, 0.5) is 0 Å². The average Bonchev–Trinajstić information content (AvgIpc) is 3.05. The Morgan fingerprint density at radius 2 is 0.521 bits per heavy atom. The minimum absolute atomic E-state index is 0.291. The van der Waals surface area contributed by atoms with Gasteiger partial charge >= 0.3 is 17.9 Å². The second-order valence-electron chi connectivity index (χ2n) is 14.2. The number of carboxylic acids is 3. The summed E-state index contributed by atoms with van der Waals surface area (Å²) in [6.45, 7) is 6.66. The van der Waals surface area contributed by atoms with E-state index in [4.69, 9.17) is 0 Å². The van der Waals surface area contributed by atoms with Crippen molar-refractivity contribution in [3.63, 3.8) is 0 Å². The van der Waals surface area contributed by atoms with Crippen molar-refractivity contribution in [2.24, 2.45) is 0 Å². The smallest absolute Gasteiger partial charge is 0.337 e. The highest BCUT2D eigenvalue weighted by atomic mass is 16.4. The lowest BCUT2D eigenvalue weighted by Crippen LogP contribution is -2.23. The highest BCUT2D eigenvalue weighted by Gasteiger charge is 2.33. The molecule has 0 saturated heterocycles. The molecule has 0 spiro atoms. The van der Waals surface area contributed by atoms with Gasteiger partial charge in [0.25, 0.3) is 0 Å². The van der Waals surface area contributed by atoms with Crippen molar-refractivity contribution in [1.82, 2.24) is 0 Å². The predicted molar refractivity (Wildman–Crippen MR) is 200 cm³/mol. The Kier molecular flexibility index (Phi) is 25.9. The SMILES string of the molecule is CCCCCCCCCCCc1c(CCCCCCCCCCC)c(C(=O)O)c(C(=O)O)c(C(=O)O)c1CCCCCCCCCCC. The van der Waals surface area contributed by atoms with E-state index in [9.17, 15) is 29.7 Å². The van der Waals surface area contributed by atoms with Crippen LogP contribution in [-0.2, 0) is 19.3 Å². The molecule has 0 aliphatic rings. The Balaban J connectivity index is 3.24. The van der Waals surface area contributed by atoms with E-state index < -0.39 is 23.5 Å². The van der Waals surface area contributed by atoms with Crippen LogP contribution in [0.5, 0.6) is 0 Å². The van der Waals surface area contributed by atoms with E-state index in [0.717, 1.165) is 76.2 Å². The number of rotatable bonds is 33. The Morgan fingerprint density at radius 3 is 0.750 bits per heavy atom. The molecule has 6 heteroatoms. The number of carboxylic acid groups (broad SMARTS) is 3. The largest absolute Gasteiger partial charge is 0.478 e. The first kappa shape index (κ1) is 43.7. The van der Waals surface area contributed by atoms with Crippen LogP contribution in [0.2, 0.25) is 0 Å². The molecule has 1 aromatic rings. The summed E-state index contributed by atoms with van der Waals surface area (Å²) >= 11 is 0. The Labute approximate surface area is 293 Å². The minimum atomic E-state index is -1.46. The third kappa shape index (κ3) is 17.9. The lowest BCUT2D eigenvalue weighted by Gasteiger charge is -2.23. The van der Waals surface area contributed by atoms with E-state index in [-0.39, 0.29) is 11.1 Å². The van der Waals surface area contributed by atoms with E-state index >= 15 is 0 Å². The summed E-state index contributed by atoms with van der Waals surface area (Å²) in [7, 11) is 0. The number of unbranched alkanes of at least 4 members (excludes halogenated alkanes) is 24. The molecule has 0 fully saturated rings. The van der Waals surface area contributed by atoms with E-state index in [1.807, 2.05) is 0 Å². The van der Waals surface area contributed by atoms with Crippen LogP contribution in [0.3, 0.4) is 0 Å². The molecule has 0 aromatic heterocycles. The van der Waals surface area contributed by atoms with Gasteiger partial charge < -0.3 is 15.3 Å². The van der Waals surface area contributed by atoms with Crippen LogP contribution in [-0.4, -0.2) is 33.2 Å². The van der Waals surface area contributed by atoms with Gasteiger partial charge in [0.15, 0.2) is 0 Å². The third-order valence-corrected chi connectivity index (χ3v) is 10.1. The van der Waals surface area contributed by atoms with E-state index in [2.05, 4.69) is 20.8 Å². The zero-order chi connectivity index (χ0) is 35.4. The van der Waals surface area contributed by atoms with E-state index in [1.54, 1.807) is 0 Å². The molecule has 0 amide bonds. The minimum Gasteiger partial charge on any atom is -0.478 e. The first-order valence-corrected chi connectivity index (χ1v) is 20.2. The molecular weight excluding hydrogens is 600 g/mol. The second kappa shape index (κ2) is 28.5. The van der Waals surface area contributed by atoms with Crippen LogP contribution in [0, 0.1) is 0 Å². The van der Waals surface area contributed by atoms with Crippen LogP contribution in [0.15, 0.2) is 0 Å². The number of hydrogen-bond donors (Lipinski definition) is 3. The standard InChI is InChI=1S/C42H72O6/c1-4-7-10-13-16-19-22-25-28-31-34-35(32-29-26-23-20-17-14-11-8-5-2)37(40(43)44)39(42(47)48)38(41(45)46)36(34)33-30-27-24-21-18-15-12-9-6-3/h4-33H2,1-3H3,(H,43,44)(H,45,46)(H,47,48). The van der Waals surface area contributed by atoms with Gasteiger partial charge in [-0.15, -0.1) is 0 Å². The maximum absolute atomic E-state index is 12.7. The van der Waals surface area contributed by atoms with Crippen molar-refractivity contribution >= 4 is 17.9 Å². The summed E-state index contributed by atoms with van der Waals surface area (Å²) in [5.41, 5.74) is 0.874. The summed E-state index contributed by atoms with van der Waals surface area (Å²) in [6, 6.07) is 0. The quantitative estimate of drug-likeness (QED) is 0.0641. The van der Waals surface area contributed by atoms with Gasteiger partial charge in [-0.05, 0) is 55.2 Å². The monoisotopic (exact) mass is 673 g/mol. The molecule has 3 N–H and O–H groups in total. The second-order valence-corrected chi connectivity index (χ2v) is 14.2. The molecule has 1 aromatic carbocycles. The van der Waals surface area contributed by atoms with Crippen molar-refractivity contribution in [3.05, 3.63) is 33.4 Å². The summed E-state index contributed by atoms with van der Waals surface area (Å²) < 4.78 is 0. The van der Waals surface area contributed by atoms with Gasteiger partial charge in [-0.2, -0.15) is 0 Å². The highest BCUT2D eigenvalue weighted by Crippen LogP contribution is 2.34. The predicted octanol–water partition coefficient (Wildman–Crippen LogP) is 13.0. The molecule has 1 rings (SSSR count).